The predicted molar refractivity (Wildman–Crippen MR) is 77.1 cm³/mol. The van der Waals surface area contributed by atoms with Crippen LogP contribution in [0.1, 0.15) is 21.6 Å². The van der Waals surface area contributed by atoms with Crippen molar-refractivity contribution >= 4 is 11.7 Å². The molecule has 0 aliphatic rings. The van der Waals surface area contributed by atoms with Gasteiger partial charge in [-0.1, -0.05) is 11.8 Å². The van der Waals surface area contributed by atoms with Crippen molar-refractivity contribution in [1.29, 1.82) is 5.26 Å². The maximum atomic E-state index is 12.0. The molecule has 2 aromatic rings. The molecule has 3 N–H and O–H groups in total. The summed E-state index contributed by atoms with van der Waals surface area (Å²) in [5.74, 6) is 5.54. The minimum atomic E-state index is -0.407. The van der Waals surface area contributed by atoms with Gasteiger partial charge in [0, 0.05) is 18.0 Å². The van der Waals surface area contributed by atoms with Crippen molar-refractivity contribution in [2.75, 3.05) is 11.9 Å². The summed E-state index contributed by atoms with van der Waals surface area (Å²) >= 11 is 0. The van der Waals surface area contributed by atoms with E-state index in [9.17, 15) is 4.79 Å². The van der Waals surface area contributed by atoms with E-state index in [1.807, 2.05) is 6.07 Å². The van der Waals surface area contributed by atoms with Crippen LogP contribution in [-0.4, -0.2) is 22.4 Å². The average Bonchev–Trinajstić information content (AvgIpc) is 2.53. The fraction of sp³-hybridized carbons (Fsp3) is 0.0667. The lowest BCUT2D eigenvalue weighted by Gasteiger charge is -2.04. The van der Waals surface area contributed by atoms with Crippen LogP contribution in [0.5, 0.6) is 0 Å². The van der Waals surface area contributed by atoms with Crippen LogP contribution < -0.4 is 11.1 Å². The lowest BCUT2D eigenvalue weighted by Crippen LogP contribution is -2.14. The molecule has 0 aliphatic heterocycles. The standard InChI is InChI=1S/C15H11N5O/c16-6-1-2-11-5-7-18-14(8-11)20-15(21)13-4-3-12(9-17)10-19-13/h3-5,7-8,10H,6,16H2,(H,18,20,21). The van der Waals surface area contributed by atoms with Gasteiger partial charge in [0.05, 0.1) is 12.1 Å². The van der Waals surface area contributed by atoms with Gasteiger partial charge in [-0.3, -0.25) is 4.79 Å². The number of amides is 1. The molecular weight excluding hydrogens is 266 g/mol. The van der Waals surface area contributed by atoms with E-state index in [0.717, 1.165) is 0 Å². The topological polar surface area (TPSA) is 105 Å². The van der Waals surface area contributed by atoms with Gasteiger partial charge >= 0.3 is 0 Å². The Labute approximate surface area is 121 Å². The number of nitriles is 1. The molecule has 0 saturated heterocycles. The number of nitrogens with one attached hydrogen (secondary N) is 1. The second-order valence-corrected chi connectivity index (χ2v) is 3.93. The van der Waals surface area contributed by atoms with Gasteiger partial charge in [0.1, 0.15) is 17.6 Å². The maximum Gasteiger partial charge on any atom is 0.275 e. The van der Waals surface area contributed by atoms with Crippen LogP contribution in [0.2, 0.25) is 0 Å². The number of nitrogens with zero attached hydrogens (tertiary/aromatic N) is 3. The average molecular weight is 277 g/mol. The van der Waals surface area contributed by atoms with Gasteiger partial charge < -0.3 is 11.1 Å². The first-order valence-corrected chi connectivity index (χ1v) is 6.05. The normalized spacial score (nSPS) is 9.14. The first-order valence-electron chi connectivity index (χ1n) is 6.05. The SMILES string of the molecule is N#Cc1ccc(C(=O)Nc2cc(C#CCN)ccn2)nc1. The minimum Gasteiger partial charge on any atom is -0.320 e. The van der Waals surface area contributed by atoms with Gasteiger partial charge in [-0.25, -0.2) is 9.97 Å². The molecule has 0 spiro atoms. The van der Waals surface area contributed by atoms with Crippen molar-refractivity contribution in [2.24, 2.45) is 5.73 Å². The zero-order chi connectivity index (χ0) is 15.1. The molecule has 0 saturated carbocycles. The predicted octanol–water partition coefficient (Wildman–Crippen LogP) is 0.911. The molecule has 2 aromatic heterocycles. The van der Waals surface area contributed by atoms with Crippen LogP contribution in [0.15, 0.2) is 36.7 Å². The van der Waals surface area contributed by atoms with Crippen LogP contribution >= 0.6 is 0 Å². The second-order valence-electron chi connectivity index (χ2n) is 3.93. The highest BCUT2D eigenvalue weighted by Crippen LogP contribution is 2.08. The van der Waals surface area contributed by atoms with Crippen molar-refractivity contribution in [3.05, 3.63) is 53.5 Å². The van der Waals surface area contributed by atoms with Gasteiger partial charge in [0.25, 0.3) is 5.91 Å². The quantitative estimate of drug-likeness (QED) is 0.794. The molecule has 0 fully saturated rings. The zero-order valence-electron chi connectivity index (χ0n) is 11.0. The van der Waals surface area contributed by atoms with E-state index in [1.165, 1.54) is 18.3 Å². The zero-order valence-corrected chi connectivity index (χ0v) is 11.0. The molecule has 6 heteroatoms. The maximum absolute atomic E-state index is 12.0. The lowest BCUT2D eigenvalue weighted by atomic mass is 10.2. The van der Waals surface area contributed by atoms with Crippen molar-refractivity contribution < 1.29 is 4.79 Å². The molecule has 2 rings (SSSR count). The highest BCUT2D eigenvalue weighted by Gasteiger charge is 2.08. The van der Waals surface area contributed by atoms with Gasteiger partial charge in [-0.2, -0.15) is 5.26 Å². The van der Waals surface area contributed by atoms with Crippen LogP contribution in [0.3, 0.4) is 0 Å². The molecule has 0 aliphatic carbocycles. The highest BCUT2D eigenvalue weighted by molar-refractivity contribution is 6.02. The molecule has 102 valence electrons. The smallest absolute Gasteiger partial charge is 0.275 e. The molecule has 6 nitrogen and oxygen atoms in total. The van der Waals surface area contributed by atoms with Gasteiger partial charge in [-0.15, -0.1) is 0 Å². The molecule has 0 radical (unpaired) electrons. The van der Waals surface area contributed by atoms with E-state index >= 15 is 0 Å². The van der Waals surface area contributed by atoms with E-state index in [2.05, 4.69) is 27.1 Å². The third-order valence-electron chi connectivity index (χ3n) is 2.46. The molecular formula is C15H11N5O. The summed E-state index contributed by atoms with van der Waals surface area (Å²) in [5, 5.41) is 11.3. The number of carbonyl (C=O) groups is 1. The summed E-state index contributed by atoms with van der Waals surface area (Å²) in [5.41, 5.74) is 6.61. The Morgan fingerprint density at radius 1 is 1.29 bits per heavy atom. The number of carbonyl (C=O) groups excluding carboxylic acids is 1. The Balaban J connectivity index is 2.13. The Bertz CT molecular complexity index is 750. The number of hydrogen-bond acceptors (Lipinski definition) is 5. The van der Waals surface area contributed by atoms with Crippen LogP contribution in [0, 0.1) is 23.2 Å². The first-order chi connectivity index (χ1) is 10.2. The summed E-state index contributed by atoms with van der Waals surface area (Å²) in [7, 11) is 0. The van der Waals surface area contributed by atoms with Crippen LogP contribution in [-0.2, 0) is 0 Å². The van der Waals surface area contributed by atoms with Crippen molar-refractivity contribution in [3.8, 4) is 17.9 Å². The number of pyridine rings is 2. The number of nitrogens with two attached hydrogens (primary N) is 1. The number of anilines is 1. The first kappa shape index (κ1) is 14.2. The van der Waals surface area contributed by atoms with E-state index in [1.54, 1.807) is 18.3 Å². The fourth-order valence-electron chi connectivity index (χ4n) is 1.50. The fourth-order valence-corrected chi connectivity index (χ4v) is 1.50. The van der Waals surface area contributed by atoms with Crippen LogP contribution in [0.4, 0.5) is 5.82 Å². The molecule has 0 atom stereocenters. The summed E-state index contributed by atoms with van der Waals surface area (Å²) in [4.78, 5) is 19.9. The number of aromatic nitrogens is 2. The highest BCUT2D eigenvalue weighted by atomic mass is 16.1. The number of rotatable bonds is 2. The van der Waals surface area contributed by atoms with Gasteiger partial charge in [0.2, 0.25) is 0 Å². The summed E-state index contributed by atoms with van der Waals surface area (Å²) in [6.07, 6.45) is 2.88. The number of hydrogen-bond donors (Lipinski definition) is 2. The van der Waals surface area contributed by atoms with Crippen molar-refractivity contribution in [3.63, 3.8) is 0 Å². The Morgan fingerprint density at radius 2 is 2.14 bits per heavy atom. The molecule has 0 aromatic carbocycles. The summed E-state index contributed by atoms with van der Waals surface area (Å²) < 4.78 is 0. The molecule has 0 bridgehead atoms. The van der Waals surface area contributed by atoms with Gasteiger partial charge in [0.15, 0.2) is 0 Å². The Kier molecular flexibility index (Phi) is 4.60. The Morgan fingerprint density at radius 3 is 2.81 bits per heavy atom. The van der Waals surface area contributed by atoms with Gasteiger partial charge in [-0.05, 0) is 24.3 Å². The second kappa shape index (κ2) is 6.80. The van der Waals surface area contributed by atoms with E-state index in [0.29, 0.717) is 16.9 Å². The van der Waals surface area contributed by atoms with Crippen LogP contribution in [0.25, 0.3) is 0 Å². The van der Waals surface area contributed by atoms with E-state index in [4.69, 9.17) is 11.0 Å². The van der Waals surface area contributed by atoms with Crippen molar-refractivity contribution in [1.82, 2.24) is 9.97 Å². The van der Waals surface area contributed by atoms with Crippen molar-refractivity contribution in [2.45, 2.75) is 0 Å². The lowest BCUT2D eigenvalue weighted by molar-refractivity contribution is 0.102. The molecule has 21 heavy (non-hydrogen) atoms. The largest absolute Gasteiger partial charge is 0.320 e. The van der Waals surface area contributed by atoms with E-state index in [-0.39, 0.29) is 12.2 Å². The monoisotopic (exact) mass is 277 g/mol. The minimum absolute atomic E-state index is 0.203. The third-order valence-corrected chi connectivity index (χ3v) is 2.46. The Hall–Kier alpha value is -3.22. The molecule has 1 amide bonds. The third kappa shape index (κ3) is 3.87. The molecule has 2 heterocycles. The molecule has 0 unspecified atom stereocenters. The summed E-state index contributed by atoms with van der Waals surface area (Å²) in [6.45, 7) is 0.263. The summed E-state index contributed by atoms with van der Waals surface area (Å²) in [6, 6.07) is 8.31. The van der Waals surface area contributed by atoms with E-state index < -0.39 is 5.91 Å².